The lowest BCUT2D eigenvalue weighted by Crippen LogP contribution is -2.38. The van der Waals surface area contributed by atoms with Crippen LogP contribution < -0.4 is 10.6 Å². The number of guanidine groups is 1. The second kappa shape index (κ2) is 11.1. The molecule has 128 valence electrons. The highest BCUT2D eigenvalue weighted by atomic mass is 127. The molecule has 2 rings (SSSR count). The molecule has 23 heavy (non-hydrogen) atoms. The third kappa shape index (κ3) is 7.54. The van der Waals surface area contributed by atoms with Gasteiger partial charge in [-0.1, -0.05) is 0 Å². The molecule has 2 N–H and O–H groups in total. The van der Waals surface area contributed by atoms with Crippen molar-refractivity contribution in [2.75, 3.05) is 19.6 Å². The van der Waals surface area contributed by atoms with Gasteiger partial charge in [-0.2, -0.15) is 5.10 Å². The van der Waals surface area contributed by atoms with Gasteiger partial charge in [0.1, 0.15) is 5.76 Å². The summed E-state index contributed by atoms with van der Waals surface area (Å²) in [4.78, 5) is 4.59. The quantitative estimate of drug-likeness (QED) is 0.292. The van der Waals surface area contributed by atoms with Crippen LogP contribution in [0.3, 0.4) is 0 Å². The van der Waals surface area contributed by atoms with Crippen LogP contribution in [-0.2, 0) is 19.9 Å². The zero-order valence-electron chi connectivity index (χ0n) is 13.8. The van der Waals surface area contributed by atoms with Gasteiger partial charge < -0.3 is 15.1 Å². The largest absolute Gasteiger partial charge is 0.469 e. The maximum Gasteiger partial charge on any atom is 0.191 e. The highest BCUT2D eigenvalue weighted by Crippen LogP contribution is 2.01. The Morgan fingerprint density at radius 3 is 2.87 bits per heavy atom. The average Bonchev–Trinajstić information content (AvgIpc) is 3.15. The second-order valence-corrected chi connectivity index (χ2v) is 5.14. The molecule has 0 saturated carbocycles. The highest BCUT2D eigenvalue weighted by Gasteiger charge is 2.00. The van der Waals surface area contributed by atoms with Crippen molar-refractivity contribution in [2.24, 2.45) is 12.0 Å². The van der Waals surface area contributed by atoms with Crippen molar-refractivity contribution in [3.05, 3.63) is 42.1 Å². The lowest BCUT2D eigenvalue weighted by Gasteiger charge is -2.10. The standard InChI is InChI=1S/C16H25N5O.HI/c1-3-17-16(19-10-8-15-7-5-11-22-15)18-9-4-6-14-12-20-21(2)13-14;/h5,7,11-13H,3-4,6,8-10H2,1-2H3,(H2,17,18,19);1H. The molecule has 0 aliphatic rings. The van der Waals surface area contributed by atoms with E-state index in [-0.39, 0.29) is 24.0 Å². The summed E-state index contributed by atoms with van der Waals surface area (Å²) in [7, 11) is 1.94. The van der Waals surface area contributed by atoms with Crippen molar-refractivity contribution < 1.29 is 4.42 Å². The topological polar surface area (TPSA) is 67.4 Å². The van der Waals surface area contributed by atoms with Crippen LogP contribution in [0.1, 0.15) is 24.7 Å². The molecule has 0 radical (unpaired) electrons. The Morgan fingerprint density at radius 1 is 1.35 bits per heavy atom. The zero-order valence-corrected chi connectivity index (χ0v) is 16.1. The molecule has 2 aromatic rings. The third-order valence-corrected chi connectivity index (χ3v) is 3.24. The van der Waals surface area contributed by atoms with Gasteiger partial charge in [-0.25, -0.2) is 0 Å². The van der Waals surface area contributed by atoms with E-state index in [1.54, 1.807) is 6.26 Å². The monoisotopic (exact) mass is 431 g/mol. The minimum atomic E-state index is 0. The second-order valence-electron chi connectivity index (χ2n) is 5.14. The zero-order chi connectivity index (χ0) is 15.6. The van der Waals surface area contributed by atoms with E-state index in [0.717, 1.165) is 50.6 Å². The Labute approximate surface area is 154 Å². The third-order valence-electron chi connectivity index (χ3n) is 3.24. The minimum absolute atomic E-state index is 0. The molecule has 0 amide bonds. The van der Waals surface area contributed by atoms with Crippen molar-refractivity contribution in [1.29, 1.82) is 0 Å². The van der Waals surface area contributed by atoms with Gasteiger partial charge in [-0.05, 0) is 37.5 Å². The molecule has 0 atom stereocenters. The van der Waals surface area contributed by atoms with E-state index in [1.807, 2.05) is 30.1 Å². The molecule has 7 heteroatoms. The maximum absolute atomic E-state index is 5.32. The smallest absolute Gasteiger partial charge is 0.191 e. The molecule has 0 fully saturated rings. The van der Waals surface area contributed by atoms with Crippen LogP contribution in [0.4, 0.5) is 0 Å². The Morgan fingerprint density at radius 2 is 2.22 bits per heavy atom. The first-order chi connectivity index (χ1) is 10.8. The molecule has 6 nitrogen and oxygen atoms in total. The van der Waals surface area contributed by atoms with Crippen molar-refractivity contribution in [1.82, 2.24) is 20.4 Å². The average molecular weight is 431 g/mol. The van der Waals surface area contributed by atoms with Crippen molar-refractivity contribution in [2.45, 2.75) is 26.2 Å². The van der Waals surface area contributed by atoms with Crippen molar-refractivity contribution >= 4 is 29.9 Å². The summed E-state index contributed by atoms with van der Waals surface area (Å²) in [5, 5.41) is 10.8. The maximum atomic E-state index is 5.32. The minimum Gasteiger partial charge on any atom is -0.469 e. The van der Waals surface area contributed by atoms with Gasteiger partial charge in [-0.3, -0.25) is 9.67 Å². The fourth-order valence-electron chi connectivity index (χ4n) is 2.18. The van der Waals surface area contributed by atoms with E-state index in [2.05, 4.69) is 33.8 Å². The fourth-order valence-corrected chi connectivity index (χ4v) is 2.18. The molecule has 0 aromatic carbocycles. The Hall–Kier alpha value is -1.51. The fraction of sp³-hybridized carbons (Fsp3) is 0.500. The van der Waals surface area contributed by atoms with Crippen LogP contribution in [-0.4, -0.2) is 35.4 Å². The van der Waals surface area contributed by atoms with Crippen LogP contribution >= 0.6 is 24.0 Å². The number of nitrogens with zero attached hydrogens (tertiary/aromatic N) is 3. The molecule has 0 spiro atoms. The highest BCUT2D eigenvalue weighted by molar-refractivity contribution is 14.0. The summed E-state index contributed by atoms with van der Waals surface area (Å²) in [5.41, 5.74) is 1.26. The molecule has 2 aromatic heterocycles. The number of nitrogens with one attached hydrogen (secondary N) is 2. The lowest BCUT2D eigenvalue weighted by atomic mass is 10.2. The van der Waals surface area contributed by atoms with Crippen molar-refractivity contribution in [3.63, 3.8) is 0 Å². The Balaban J connectivity index is 0.00000264. The van der Waals surface area contributed by atoms with Crippen molar-refractivity contribution in [3.8, 4) is 0 Å². The van der Waals surface area contributed by atoms with E-state index >= 15 is 0 Å². The summed E-state index contributed by atoms with van der Waals surface area (Å²) in [6.07, 6.45) is 8.54. The van der Waals surface area contributed by atoms with Gasteiger partial charge in [0.15, 0.2) is 5.96 Å². The molecule has 0 unspecified atom stereocenters. The van der Waals surface area contributed by atoms with Crippen LogP contribution in [0.2, 0.25) is 0 Å². The van der Waals surface area contributed by atoms with E-state index < -0.39 is 0 Å². The number of furan rings is 1. The van der Waals surface area contributed by atoms with E-state index in [1.165, 1.54) is 5.56 Å². The van der Waals surface area contributed by atoms with Gasteiger partial charge in [0.2, 0.25) is 0 Å². The first-order valence-corrected chi connectivity index (χ1v) is 7.80. The lowest BCUT2D eigenvalue weighted by molar-refractivity contribution is 0.507. The molecule has 0 aliphatic heterocycles. The molecular weight excluding hydrogens is 405 g/mol. The molecule has 0 aliphatic carbocycles. The predicted octanol–water partition coefficient (Wildman–Crippen LogP) is 2.36. The number of aromatic nitrogens is 2. The van der Waals surface area contributed by atoms with Crippen LogP contribution in [0, 0.1) is 0 Å². The number of aryl methyl sites for hydroxylation is 2. The Kier molecular flexibility index (Phi) is 9.42. The summed E-state index contributed by atoms with van der Waals surface area (Å²) >= 11 is 0. The SMILES string of the molecule is CCNC(=NCCCc1cnn(C)c1)NCCc1ccco1.I. The number of hydrogen-bond donors (Lipinski definition) is 2. The predicted molar refractivity (Wildman–Crippen MR) is 103 cm³/mol. The van der Waals surface area contributed by atoms with Gasteiger partial charge in [0.05, 0.1) is 12.5 Å². The normalized spacial score (nSPS) is 11.1. The van der Waals surface area contributed by atoms with Gasteiger partial charge in [-0.15, -0.1) is 24.0 Å². The van der Waals surface area contributed by atoms with E-state index in [0.29, 0.717) is 0 Å². The van der Waals surface area contributed by atoms with Crippen LogP contribution in [0.15, 0.2) is 40.2 Å². The first-order valence-electron chi connectivity index (χ1n) is 7.80. The number of aliphatic imine (C=N–C) groups is 1. The van der Waals surface area contributed by atoms with Gasteiger partial charge in [0, 0.05) is 39.3 Å². The number of rotatable bonds is 8. The summed E-state index contributed by atoms with van der Waals surface area (Å²) in [6.45, 7) is 4.53. The first kappa shape index (κ1) is 19.5. The molecule has 0 bridgehead atoms. The Bertz CT molecular complexity index is 565. The number of hydrogen-bond acceptors (Lipinski definition) is 3. The van der Waals surface area contributed by atoms with Crippen LogP contribution in [0.5, 0.6) is 0 Å². The van der Waals surface area contributed by atoms with Gasteiger partial charge >= 0.3 is 0 Å². The molecular formula is C16H26IN5O. The molecule has 2 heterocycles. The molecule has 0 saturated heterocycles. The van der Waals surface area contributed by atoms with Crippen LogP contribution in [0.25, 0.3) is 0 Å². The number of halogens is 1. The summed E-state index contributed by atoms with van der Waals surface area (Å²) in [6, 6.07) is 3.90. The van der Waals surface area contributed by atoms with Gasteiger partial charge in [0.25, 0.3) is 0 Å². The summed E-state index contributed by atoms with van der Waals surface area (Å²) in [5.74, 6) is 1.85. The van der Waals surface area contributed by atoms with E-state index in [4.69, 9.17) is 4.42 Å². The summed E-state index contributed by atoms with van der Waals surface area (Å²) < 4.78 is 7.15. The van der Waals surface area contributed by atoms with E-state index in [9.17, 15) is 0 Å².